The van der Waals surface area contributed by atoms with Crippen LogP contribution in [0.1, 0.15) is 55.5 Å². The molecule has 26 heavy (non-hydrogen) atoms. The average molecular weight is 375 g/mol. The van der Waals surface area contributed by atoms with Gasteiger partial charge in [0.25, 0.3) is 15.9 Å². The van der Waals surface area contributed by atoms with Crippen LogP contribution in [0, 0.1) is 0 Å². The van der Waals surface area contributed by atoms with Gasteiger partial charge in [-0.3, -0.25) is 9.52 Å². The Hall–Kier alpha value is -2.34. The summed E-state index contributed by atoms with van der Waals surface area (Å²) in [5.41, 5.74) is 1.95. The van der Waals surface area contributed by atoms with Crippen LogP contribution < -0.4 is 10.0 Å². The highest BCUT2D eigenvalue weighted by atomic mass is 32.2. The maximum atomic E-state index is 12.7. The molecule has 0 saturated heterocycles. The number of hydrogen-bond acceptors (Lipinski definition) is 3. The first-order valence-electron chi connectivity index (χ1n) is 8.85. The van der Waals surface area contributed by atoms with E-state index in [1.165, 1.54) is 24.3 Å². The van der Waals surface area contributed by atoms with Crippen molar-refractivity contribution in [1.29, 1.82) is 0 Å². The van der Waals surface area contributed by atoms with Gasteiger partial charge in [0.2, 0.25) is 0 Å². The second-order valence-corrected chi connectivity index (χ2v) is 8.16. The molecule has 2 aromatic rings. The fourth-order valence-electron chi connectivity index (χ4n) is 2.56. The van der Waals surface area contributed by atoms with E-state index in [2.05, 4.69) is 17.0 Å². The lowest BCUT2D eigenvalue weighted by Gasteiger charge is -2.15. The summed E-state index contributed by atoms with van der Waals surface area (Å²) in [5, 5.41) is 2.81. The van der Waals surface area contributed by atoms with Crippen LogP contribution in [0.2, 0.25) is 0 Å². The summed E-state index contributed by atoms with van der Waals surface area (Å²) in [6, 6.07) is 13.3. The van der Waals surface area contributed by atoms with Gasteiger partial charge in [0.1, 0.15) is 0 Å². The molecule has 2 rings (SSSR count). The number of benzene rings is 2. The summed E-state index contributed by atoms with van der Waals surface area (Å²) >= 11 is 0. The van der Waals surface area contributed by atoms with Crippen molar-refractivity contribution in [3.63, 3.8) is 0 Å². The summed E-state index contributed by atoms with van der Waals surface area (Å²) in [7, 11) is -3.71. The van der Waals surface area contributed by atoms with Gasteiger partial charge >= 0.3 is 0 Å². The van der Waals surface area contributed by atoms with Crippen molar-refractivity contribution in [2.24, 2.45) is 0 Å². The molecule has 0 unspecified atom stereocenters. The Labute approximate surface area is 155 Å². The fraction of sp³-hybridized carbons (Fsp3) is 0.350. The summed E-state index contributed by atoms with van der Waals surface area (Å²) < 4.78 is 28.0. The molecule has 0 heterocycles. The largest absolute Gasteiger partial charge is 0.352 e. The van der Waals surface area contributed by atoms with Crippen LogP contribution in [0.4, 0.5) is 5.69 Å². The Bertz CT molecular complexity index is 844. The van der Waals surface area contributed by atoms with E-state index in [9.17, 15) is 13.2 Å². The van der Waals surface area contributed by atoms with E-state index >= 15 is 0 Å². The normalized spacial score (nSPS) is 11.4. The van der Waals surface area contributed by atoms with Gasteiger partial charge in [0, 0.05) is 12.1 Å². The van der Waals surface area contributed by atoms with Crippen molar-refractivity contribution in [3.05, 3.63) is 59.7 Å². The van der Waals surface area contributed by atoms with Gasteiger partial charge in [0.15, 0.2) is 0 Å². The van der Waals surface area contributed by atoms with Gasteiger partial charge < -0.3 is 5.32 Å². The topological polar surface area (TPSA) is 75.3 Å². The van der Waals surface area contributed by atoms with Crippen molar-refractivity contribution < 1.29 is 13.2 Å². The third kappa shape index (κ3) is 5.08. The van der Waals surface area contributed by atoms with Gasteiger partial charge in [-0.2, -0.15) is 0 Å². The molecule has 2 N–H and O–H groups in total. The summed E-state index contributed by atoms with van der Waals surface area (Å²) in [5.74, 6) is 0.00334. The Morgan fingerprint density at radius 3 is 2.31 bits per heavy atom. The predicted octanol–water partition coefficient (Wildman–Crippen LogP) is 4.14. The van der Waals surface area contributed by atoms with Crippen molar-refractivity contribution >= 4 is 21.6 Å². The summed E-state index contributed by atoms with van der Waals surface area (Å²) in [4.78, 5) is 12.1. The van der Waals surface area contributed by atoms with E-state index < -0.39 is 10.0 Å². The molecule has 0 radical (unpaired) electrons. The molecule has 0 aliphatic carbocycles. The van der Waals surface area contributed by atoms with E-state index in [0.717, 1.165) is 18.4 Å². The van der Waals surface area contributed by atoms with Crippen molar-refractivity contribution in [3.8, 4) is 0 Å². The smallest absolute Gasteiger partial charge is 0.261 e. The highest BCUT2D eigenvalue weighted by molar-refractivity contribution is 7.92. The zero-order valence-electron chi connectivity index (χ0n) is 15.5. The van der Waals surface area contributed by atoms with Crippen LogP contribution in [0.3, 0.4) is 0 Å². The lowest BCUT2D eigenvalue weighted by molar-refractivity contribution is 0.0953. The van der Waals surface area contributed by atoms with Crippen LogP contribution in [0.5, 0.6) is 0 Å². The number of amides is 1. The second kappa shape index (κ2) is 8.85. The molecule has 5 nitrogen and oxygen atoms in total. The fourth-order valence-corrected chi connectivity index (χ4v) is 3.65. The highest BCUT2D eigenvalue weighted by Crippen LogP contribution is 2.26. The van der Waals surface area contributed by atoms with E-state index in [1.54, 1.807) is 12.1 Å². The maximum Gasteiger partial charge on any atom is 0.261 e. The summed E-state index contributed by atoms with van der Waals surface area (Å²) in [6.45, 7) is 6.69. The third-order valence-corrected chi connectivity index (χ3v) is 5.45. The molecule has 0 aliphatic rings. The Morgan fingerprint density at radius 2 is 1.69 bits per heavy atom. The molecule has 0 atom stereocenters. The standard InChI is InChI=1S/C20H26N2O3S/c1-4-5-14-21-20(23)16-10-12-17(13-11-16)26(24,25)22-19-9-7-6-8-18(19)15(2)3/h6-13,15,22H,4-5,14H2,1-3H3,(H,21,23). The highest BCUT2D eigenvalue weighted by Gasteiger charge is 2.17. The molecular weight excluding hydrogens is 348 g/mol. The van der Waals surface area contributed by atoms with Crippen molar-refractivity contribution in [2.45, 2.75) is 44.4 Å². The van der Waals surface area contributed by atoms with Crippen molar-refractivity contribution in [1.82, 2.24) is 5.32 Å². The quantitative estimate of drug-likeness (QED) is 0.682. The lowest BCUT2D eigenvalue weighted by Crippen LogP contribution is -2.24. The zero-order valence-corrected chi connectivity index (χ0v) is 16.3. The number of nitrogens with one attached hydrogen (secondary N) is 2. The van der Waals surface area contributed by atoms with Crippen molar-refractivity contribution in [2.75, 3.05) is 11.3 Å². The van der Waals surface area contributed by atoms with E-state index in [-0.39, 0.29) is 16.7 Å². The minimum Gasteiger partial charge on any atom is -0.352 e. The molecule has 0 saturated carbocycles. The van der Waals surface area contributed by atoms with E-state index in [1.807, 2.05) is 26.0 Å². The van der Waals surface area contributed by atoms with E-state index in [0.29, 0.717) is 17.8 Å². The zero-order chi connectivity index (χ0) is 19.2. The number of rotatable bonds is 8. The number of anilines is 1. The van der Waals surface area contributed by atoms with Gasteiger partial charge in [-0.05, 0) is 48.2 Å². The molecule has 0 aliphatic heterocycles. The number of unbranched alkanes of at least 4 members (excludes halogenated alkanes) is 1. The third-order valence-electron chi connectivity index (χ3n) is 4.07. The molecule has 0 aromatic heterocycles. The van der Waals surface area contributed by atoms with Gasteiger partial charge in [-0.15, -0.1) is 0 Å². The molecule has 2 aromatic carbocycles. The van der Waals surface area contributed by atoms with Crippen LogP contribution >= 0.6 is 0 Å². The molecule has 0 spiro atoms. The predicted molar refractivity (Wildman–Crippen MR) is 105 cm³/mol. The molecule has 140 valence electrons. The molecule has 1 amide bonds. The van der Waals surface area contributed by atoms with Crippen LogP contribution in [0.15, 0.2) is 53.4 Å². The Kier molecular flexibility index (Phi) is 6.80. The number of para-hydroxylation sites is 1. The molecular formula is C20H26N2O3S. The average Bonchev–Trinajstić information content (AvgIpc) is 2.62. The minimum absolute atomic E-state index is 0.126. The van der Waals surface area contributed by atoms with Gasteiger partial charge in [-0.25, -0.2) is 8.42 Å². The first-order valence-corrected chi connectivity index (χ1v) is 10.3. The number of sulfonamides is 1. The van der Waals surface area contributed by atoms with Crippen LogP contribution in [-0.2, 0) is 10.0 Å². The number of carbonyl (C=O) groups excluding carboxylic acids is 1. The second-order valence-electron chi connectivity index (χ2n) is 6.48. The lowest BCUT2D eigenvalue weighted by atomic mass is 10.0. The van der Waals surface area contributed by atoms with Gasteiger partial charge in [-0.1, -0.05) is 45.4 Å². The van der Waals surface area contributed by atoms with Crippen LogP contribution in [-0.4, -0.2) is 20.9 Å². The molecule has 0 bridgehead atoms. The minimum atomic E-state index is -3.71. The Balaban J connectivity index is 2.16. The Morgan fingerprint density at radius 1 is 1.04 bits per heavy atom. The first-order chi connectivity index (χ1) is 12.3. The van der Waals surface area contributed by atoms with Crippen LogP contribution in [0.25, 0.3) is 0 Å². The summed E-state index contributed by atoms with van der Waals surface area (Å²) in [6.07, 6.45) is 1.92. The SMILES string of the molecule is CCCCNC(=O)c1ccc(S(=O)(=O)Nc2ccccc2C(C)C)cc1. The number of hydrogen-bond donors (Lipinski definition) is 2. The maximum absolute atomic E-state index is 12.7. The van der Waals surface area contributed by atoms with Gasteiger partial charge in [0.05, 0.1) is 10.6 Å². The molecule has 6 heteroatoms. The first kappa shape index (κ1) is 20.0. The monoisotopic (exact) mass is 374 g/mol. The van der Waals surface area contributed by atoms with E-state index in [4.69, 9.17) is 0 Å². The number of carbonyl (C=O) groups is 1. The molecule has 0 fully saturated rings.